The quantitative estimate of drug-likeness (QED) is 0.215. The van der Waals surface area contributed by atoms with Gasteiger partial charge in [-0.05, 0) is 24.6 Å². The van der Waals surface area contributed by atoms with Crippen molar-refractivity contribution in [1.82, 2.24) is 14.8 Å². The number of methoxy groups -OCH3 is 1. The Morgan fingerprint density at radius 3 is 2.65 bits per heavy atom. The third-order valence-corrected chi connectivity index (χ3v) is 5.85. The van der Waals surface area contributed by atoms with Crippen molar-refractivity contribution in [3.63, 3.8) is 0 Å². The normalized spacial score (nSPS) is 10.9. The van der Waals surface area contributed by atoms with Gasteiger partial charge in [0.1, 0.15) is 11.5 Å². The molecule has 0 bridgehead atoms. The Hall–Kier alpha value is -3.59. The molecule has 0 unspecified atom stereocenters. The molecule has 0 N–H and O–H groups in total. The van der Waals surface area contributed by atoms with Gasteiger partial charge in [0.05, 0.1) is 30.4 Å². The molecule has 0 radical (unpaired) electrons. The van der Waals surface area contributed by atoms with Crippen molar-refractivity contribution in [1.29, 1.82) is 0 Å². The maximum Gasteiger partial charge on any atom is 0.270 e. The molecule has 0 aliphatic rings. The van der Waals surface area contributed by atoms with Crippen LogP contribution in [0.25, 0.3) is 11.4 Å². The van der Waals surface area contributed by atoms with Gasteiger partial charge in [-0.25, -0.2) is 0 Å². The average molecular weight is 436 g/mol. The SMILES string of the molecule is COc1ccc([N+](=O)[O-])cc1CSc1nnc(-c2ccoc2C)n1Cc1ccccc1. The minimum atomic E-state index is -0.411. The molecule has 0 aliphatic carbocycles. The lowest BCUT2D eigenvalue weighted by Crippen LogP contribution is -2.04. The number of non-ortho nitro benzene ring substituents is 1. The van der Waals surface area contributed by atoms with Crippen LogP contribution in [0, 0.1) is 17.0 Å². The Morgan fingerprint density at radius 1 is 1.16 bits per heavy atom. The minimum absolute atomic E-state index is 0.0249. The van der Waals surface area contributed by atoms with E-state index in [1.54, 1.807) is 19.4 Å². The van der Waals surface area contributed by atoms with E-state index >= 15 is 0 Å². The molecule has 0 amide bonds. The predicted molar refractivity (Wildman–Crippen MR) is 117 cm³/mol. The zero-order valence-electron chi connectivity index (χ0n) is 17.0. The van der Waals surface area contributed by atoms with E-state index in [1.165, 1.54) is 23.9 Å². The van der Waals surface area contributed by atoms with E-state index < -0.39 is 4.92 Å². The molecule has 2 aromatic carbocycles. The molecule has 0 aliphatic heterocycles. The number of thioether (sulfide) groups is 1. The molecule has 8 nitrogen and oxygen atoms in total. The highest BCUT2D eigenvalue weighted by Crippen LogP contribution is 2.33. The molecule has 0 fully saturated rings. The molecule has 158 valence electrons. The van der Waals surface area contributed by atoms with Crippen LogP contribution in [0.4, 0.5) is 5.69 Å². The number of hydrogen-bond donors (Lipinski definition) is 0. The fourth-order valence-corrected chi connectivity index (χ4v) is 4.17. The molecule has 0 spiro atoms. The summed E-state index contributed by atoms with van der Waals surface area (Å²) in [6.45, 7) is 2.47. The number of nitrogens with zero attached hydrogens (tertiary/aromatic N) is 4. The fourth-order valence-electron chi connectivity index (χ4n) is 3.25. The third kappa shape index (κ3) is 4.46. The molecular weight excluding hydrogens is 416 g/mol. The van der Waals surface area contributed by atoms with E-state index in [-0.39, 0.29) is 5.69 Å². The summed E-state index contributed by atoms with van der Waals surface area (Å²) in [5.74, 6) is 2.52. The van der Waals surface area contributed by atoms with Crippen molar-refractivity contribution in [3.8, 4) is 17.1 Å². The van der Waals surface area contributed by atoms with Crippen LogP contribution in [0.2, 0.25) is 0 Å². The summed E-state index contributed by atoms with van der Waals surface area (Å²) in [6, 6.07) is 16.5. The standard InChI is InChI=1S/C22H20N4O4S/c1-15-19(10-11-30-15)21-23-24-22(25(21)13-16-6-4-3-5-7-16)31-14-17-12-18(26(27)28)8-9-20(17)29-2/h3-12H,13-14H2,1-2H3. The molecule has 4 aromatic rings. The smallest absolute Gasteiger partial charge is 0.270 e. The Bertz CT molecular complexity index is 1200. The summed E-state index contributed by atoms with van der Waals surface area (Å²) in [6.07, 6.45) is 1.63. The highest BCUT2D eigenvalue weighted by Gasteiger charge is 2.19. The van der Waals surface area contributed by atoms with Crippen molar-refractivity contribution in [3.05, 3.63) is 87.9 Å². The van der Waals surface area contributed by atoms with E-state index in [4.69, 9.17) is 9.15 Å². The molecule has 2 heterocycles. The average Bonchev–Trinajstić information content (AvgIpc) is 3.38. The van der Waals surface area contributed by atoms with Crippen LogP contribution in [0.3, 0.4) is 0 Å². The number of aryl methyl sites for hydroxylation is 1. The summed E-state index contributed by atoms with van der Waals surface area (Å²) in [7, 11) is 1.55. The Morgan fingerprint density at radius 2 is 1.97 bits per heavy atom. The van der Waals surface area contributed by atoms with E-state index in [0.717, 1.165) is 22.5 Å². The Kier molecular flexibility index (Phi) is 6.03. The molecule has 4 rings (SSSR count). The summed E-state index contributed by atoms with van der Waals surface area (Å²) in [4.78, 5) is 10.8. The number of benzene rings is 2. The van der Waals surface area contributed by atoms with Gasteiger partial charge >= 0.3 is 0 Å². The molecule has 0 atom stereocenters. The lowest BCUT2D eigenvalue weighted by Gasteiger charge is -2.11. The van der Waals surface area contributed by atoms with Crippen LogP contribution < -0.4 is 4.74 Å². The van der Waals surface area contributed by atoms with Gasteiger partial charge in [-0.1, -0.05) is 42.1 Å². The van der Waals surface area contributed by atoms with Gasteiger partial charge in [-0.15, -0.1) is 10.2 Å². The first-order valence-corrected chi connectivity index (χ1v) is 10.5. The van der Waals surface area contributed by atoms with Gasteiger partial charge in [0.25, 0.3) is 5.69 Å². The van der Waals surface area contributed by atoms with E-state index in [0.29, 0.717) is 29.0 Å². The van der Waals surface area contributed by atoms with Crippen LogP contribution in [0.5, 0.6) is 5.75 Å². The topological polar surface area (TPSA) is 96.2 Å². The second-order valence-electron chi connectivity index (χ2n) is 6.81. The van der Waals surface area contributed by atoms with E-state index in [9.17, 15) is 10.1 Å². The molecule has 0 saturated heterocycles. The van der Waals surface area contributed by atoms with E-state index in [1.807, 2.05) is 47.9 Å². The second-order valence-corrected chi connectivity index (χ2v) is 7.75. The van der Waals surface area contributed by atoms with Crippen LogP contribution >= 0.6 is 11.8 Å². The lowest BCUT2D eigenvalue weighted by atomic mass is 10.2. The van der Waals surface area contributed by atoms with Gasteiger partial charge in [-0.2, -0.15) is 0 Å². The Balaban J connectivity index is 1.67. The van der Waals surface area contributed by atoms with Crippen molar-refractivity contribution < 1.29 is 14.1 Å². The highest BCUT2D eigenvalue weighted by molar-refractivity contribution is 7.98. The number of rotatable bonds is 8. The molecule has 0 saturated carbocycles. The van der Waals surface area contributed by atoms with Crippen molar-refractivity contribution in [2.24, 2.45) is 0 Å². The van der Waals surface area contributed by atoms with Crippen molar-refractivity contribution in [2.75, 3.05) is 7.11 Å². The molecule has 9 heteroatoms. The lowest BCUT2D eigenvalue weighted by molar-refractivity contribution is -0.384. The van der Waals surface area contributed by atoms with Crippen molar-refractivity contribution in [2.45, 2.75) is 24.4 Å². The number of nitro benzene ring substituents is 1. The first-order chi connectivity index (χ1) is 15.1. The summed E-state index contributed by atoms with van der Waals surface area (Å²) in [5.41, 5.74) is 2.73. The number of aromatic nitrogens is 3. The zero-order valence-corrected chi connectivity index (χ0v) is 17.8. The molecular formula is C22H20N4O4S. The van der Waals surface area contributed by atoms with Crippen LogP contribution in [0.1, 0.15) is 16.9 Å². The molecule has 31 heavy (non-hydrogen) atoms. The number of hydrogen-bond acceptors (Lipinski definition) is 7. The summed E-state index contributed by atoms with van der Waals surface area (Å²) < 4.78 is 12.9. The van der Waals surface area contributed by atoms with Crippen LogP contribution in [0.15, 0.2) is 70.4 Å². The van der Waals surface area contributed by atoms with Gasteiger partial charge in [0.2, 0.25) is 0 Å². The first kappa shape index (κ1) is 20.7. The first-order valence-electron chi connectivity index (χ1n) is 9.52. The van der Waals surface area contributed by atoms with Gasteiger partial charge < -0.3 is 9.15 Å². The van der Waals surface area contributed by atoms with Crippen LogP contribution in [-0.2, 0) is 12.3 Å². The maximum atomic E-state index is 11.2. The predicted octanol–water partition coefficient (Wildman–Crippen LogP) is 5.10. The molecule has 2 aromatic heterocycles. The fraction of sp³-hybridized carbons (Fsp3) is 0.182. The monoisotopic (exact) mass is 436 g/mol. The number of nitro groups is 1. The van der Waals surface area contributed by atoms with Crippen molar-refractivity contribution >= 4 is 17.4 Å². The summed E-state index contributed by atoms with van der Waals surface area (Å²) in [5, 5.41) is 20.7. The van der Waals surface area contributed by atoms with Crippen LogP contribution in [-0.4, -0.2) is 26.8 Å². The largest absolute Gasteiger partial charge is 0.496 e. The Labute approximate surface area is 183 Å². The van der Waals surface area contributed by atoms with E-state index in [2.05, 4.69) is 10.2 Å². The number of ether oxygens (including phenoxy) is 1. The third-order valence-electron chi connectivity index (χ3n) is 4.83. The summed E-state index contributed by atoms with van der Waals surface area (Å²) >= 11 is 1.45. The number of furan rings is 1. The minimum Gasteiger partial charge on any atom is -0.496 e. The highest BCUT2D eigenvalue weighted by atomic mass is 32.2. The van der Waals surface area contributed by atoms with Gasteiger partial charge in [-0.3, -0.25) is 14.7 Å². The van der Waals surface area contributed by atoms with Gasteiger partial charge in [0.15, 0.2) is 11.0 Å². The second kappa shape index (κ2) is 9.05. The zero-order chi connectivity index (χ0) is 21.8. The van der Waals surface area contributed by atoms with Gasteiger partial charge in [0, 0.05) is 23.4 Å². The maximum absolute atomic E-state index is 11.2.